The van der Waals surface area contributed by atoms with Crippen LogP contribution in [0.5, 0.6) is 0 Å². The molecular weight excluding hydrogens is 314 g/mol. The molecule has 0 spiro atoms. The van der Waals surface area contributed by atoms with Crippen LogP contribution in [0.3, 0.4) is 0 Å². The molecule has 1 aromatic rings. The van der Waals surface area contributed by atoms with Crippen molar-refractivity contribution in [1.29, 1.82) is 0 Å². The number of carbonyl (C=O) groups is 1. The van der Waals surface area contributed by atoms with Crippen LogP contribution in [-0.2, 0) is 10.0 Å². The summed E-state index contributed by atoms with van der Waals surface area (Å²) in [5.41, 5.74) is -0.0256. The van der Waals surface area contributed by atoms with Gasteiger partial charge in [0.15, 0.2) is 0 Å². The Morgan fingerprint density at radius 2 is 2.05 bits per heavy atom. The highest BCUT2D eigenvalue weighted by atomic mass is 35.5. The number of nitrogens with zero attached hydrogens (tertiary/aromatic N) is 1. The fourth-order valence-electron chi connectivity index (χ4n) is 3.51. The zero-order chi connectivity index (χ0) is 15.6. The van der Waals surface area contributed by atoms with Crippen molar-refractivity contribution in [3.8, 4) is 0 Å². The first-order valence-electron chi connectivity index (χ1n) is 6.71. The Morgan fingerprint density at radius 3 is 2.52 bits per heavy atom. The lowest BCUT2D eigenvalue weighted by molar-refractivity contribution is 0.0696. The zero-order valence-corrected chi connectivity index (χ0v) is 13.3. The molecule has 3 fully saturated rings. The summed E-state index contributed by atoms with van der Waals surface area (Å²) in [6.07, 6.45) is 1.75. The number of carboxylic acid groups (broad SMARTS) is 1. The summed E-state index contributed by atoms with van der Waals surface area (Å²) >= 11 is 6.01. The van der Waals surface area contributed by atoms with E-state index in [2.05, 4.69) is 0 Å². The maximum Gasteiger partial charge on any atom is 0.336 e. The zero-order valence-electron chi connectivity index (χ0n) is 11.8. The first-order chi connectivity index (χ1) is 9.65. The average Bonchev–Trinajstić information content (AvgIpc) is 2.85. The summed E-state index contributed by atoms with van der Waals surface area (Å²) in [4.78, 5) is 11.2. The maximum absolute atomic E-state index is 12.8. The molecule has 0 atom stereocenters. The fourth-order valence-corrected chi connectivity index (χ4v) is 5.72. The third kappa shape index (κ3) is 2.08. The number of fused-ring (bicyclic) bond motifs is 1. The van der Waals surface area contributed by atoms with E-state index in [9.17, 15) is 18.3 Å². The summed E-state index contributed by atoms with van der Waals surface area (Å²) in [5.74, 6) is -0.756. The predicted molar refractivity (Wildman–Crippen MR) is 78.2 cm³/mol. The first kappa shape index (κ1) is 14.8. The van der Waals surface area contributed by atoms with Crippen LogP contribution in [-0.4, -0.2) is 35.9 Å². The van der Waals surface area contributed by atoms with Crippen LogP contribution >= 0.6 is 11.6 Å². The lowest BCUT2D eigenvalue weighted by Gasteiger charge is -2.38. The highest BCUT2D eigenvalue weighted by Crippen LogP contribution is 2.52. The van der Waals surface area contributed by atoms with Crippen LogP contribution in [0.2, 0.25) is 5.02 Å². The first-order valence-corrected chi connectivity index (χ1v) is 8.53. The van der Waals surface area contributed by atoms with Gasteiger partial charge in [0.1, 0.15) is 0 Å². The highest BCUT2D eigenvalue weighted by molar-refractivity contribution is 7.89. The largest absolute Gasteiger partial charge is 0.478 e. The van der Waals surface area contributed by atoms with Crippen molar-refractivity contribution < 1.29 is 18.3 Å². The minimum Gasteiger partial charge on any atom is -0.478 e. The van der Waals surface area contributed by atoms with Gasteiger partial charge in [-0.2, -0.15) is 4.31 Å². The van der Waals surface area contributed by atoms with Gasteiger partial charge in [-0.1, -0.05) is 11.6 Å². The van der Waals surface area contributed by atoms with E-state index >= 15 is 0 Å². The molecule has 0 unspecified atom stereocenters. The Labute approximate surface area is 128 Å². The minimum atomic E-state index is -3.71. The normalized spacial score (nSPS) is 28.4. The minimum absolute atomic E-state index is 0.0377. The van der Waals surface area contributed by atoms with Crippen LogP contribution in [0, 0.1) is 12.8 Å². The monoisotopic (exact) mass is 329 g/mol. The smallest absolute Gasteiger partial charge is 0.336 e. The van der Waals surface area contributed by atoms with Gasteiger partial charge >= 0.3 is 5.97 Å². The summed E-state index contributed by atoms with van der Waals surface area (Å²) in [7, 11) is -3.71. The van der Waals surface area contributed by atoms with E-state index in [4.69, 9.17) is 11.6 Å². The number of carboxylic acids is 1. The molecule has 1 aliphatic carbocycles. The van der Waals surface area contributed by atoms with Crippen LogP contribution < -0.4 is 0 Å². The Hall–Kier alpha value is -1.11. The van der Waals surface area contributed by atoms with Crippen molar-refractivity contribution in [1.82, 2.24) is 4.31 Å². The van der Waals surface area contributed by atoms with Crippen molar-refractivity contribution >= 4 is 27.6 Å². The molecule has 21 heavy (non-hydrogen) atoms. The standard InChI is InChI=1S/C14H16ClNO4S/c1-8-11(13(17)18)3-10(4-12(8)15)21(19,20)16-7-9-5-14(16,2)6-9/h3-4,9H,5-7H2,1-2H3,(H,17,18). The molecular formula is C14H16ClNO4S. The molecule has 4 rings (SSSR count). The number of halogens is 1. The van der Waals surface area contributed by atoms with E-state index in [1.54, 1.807) is 6.92 Å². The Bertz CT molecular complexity index is 738. The predicted octanol–water partition coefficient (Wildman–Crippen LogP) is 2.52. The van der Waals surface area contributed by atoms with Gasteiger partial charge in [-0.25, -0.2) is 13.2 Å². The summed E-state index contributed by atoms with van der Waals surface area (Å²) < 4.78 is 27.1. The Kier molecular flexibility index (Phi) is 3.13. The SMILES string of the molecule is Cc1c(Cl)cc(S(=O)(=O)N2CC3CC2(C)C3)cc1C(=O)O. The van der Waals surface area contributed by atoms with Gasteiger partial charge in [-0.3, -0.25) is 0 Å². The van der Waals surface area contributed by atoms with Gasteiger partial charge < -0.3 is 5.11 Å². The number of rotatable bonds is 3. The van der Waals surface area contributed by atoms with E-state index in [-0.39, 0.29) is 21.0 Å². The number of benzene rings is 1. The van der Waals surface area contributed by atoms with E-state index in [0.717, 1.165) is 12.8 Å². The molecule has 2 aliphatic heterocycles. The van der Waals surface area contributed by atoms with Crippen molar-refractivity contribution in [3.05, 3.63) is 28.3 Å². The van der Waals surface area contributed by atoms with Gasteiger partial charge in [-0.15, -0.1) is 0 Å². The lowest BCUT2D eigenvalue weighted by atomic mass is 9.75. The molecule has 1 N–H and O–H groups in total. The van der Waals surface area contributed by atoms with Gasteiger partial charge in [0.25, 0.3) is 0 Å². The average molecular weight is 330 g/mol. The molecule has 2 saturated heterocycles. The molecule has 1 aromatic carbocycles. The summed E-state index contributed by atoms with van der Waals surface area (Å²) in [5, 5.41) is 9.35. The number of hydrogen-bond donors (Lipinski definition) is 1. The number of sulfonamides is 1. The van der Waals surface area contributed by atoms with E-state index < -0.39 is 16.0 Å². The molecule has 5 nitrogen and oxygen atoms in total. The molecule has 0 amide bonds. The molecule has 2 bridgehead atoms. The Balaban J connectivity index is 2.10. The van der Waals surface area contributed by atoms with Crippen LogP contribution in [0.25, 0.3) is 0 Å². The molecule has 7 heteroatoms. The topological polar surface area (TPSA) is 74.7 Å². The molecule has 3 aliphatic rings. The third-order valence-electron chi connectivity index (χ3n) is 4.62. The second kappa shape index (κ2) is 4.44. The molecule has 114 valence electrons. The second-order valence-corrected chi connectivity index (χ2v) is 8.46. The van der Waals surface area contributed by atoms with Crippen molar-refractivity contribution in [2.75, 3.05) is 6.54 Å². The van der Waals surface area contributed by atoms with Crippen molar-refractivity contribution in [3.63, 3.8) is 0 Å². The second-order valence-electron chi connectivity index (χ2n) is 6.19. The van der Waals surface area contributed by atoms with E-state index in [1.807, 2.05) is 6.92 Å². The third-order valence-corrected chi connectivity index (χ3v) is 7.01. The molecule has 0 aromatic heterocycles. The Morgan fingerprint density at radius 1 is 1.43 bits per heavy atom. The lowest BCUT2D eigenvalue weighted by Crippen LogP contribution is -2.45. The molecule has 1 saturated carbocycles. The molecule has 2 heterocycles. The van der Waals surface area contributed by atoms with Crippen molar-refractivity contribution in [2.24, 2.45) is 5.92 Å². The van der Waals surface area contributed by atoms with Crippen LogP contribution in [0.1, 0.15) is 35.7 Å². The van der Waals surface area contributed by atoms with Gasteiger partial charge in [-0.05, 0) is 50.3 Å². The van der Waals surface area contributed by atoms with Gasteiger partial charge in [0.05, 0.1) is 10.5 Å². The number of aromatic carboxylic acids is 1. The van der Waals surface area contributed by atoms with Crippen LogP contribution in [0.4, 0.5) is 0 Å². The number of hydrogen-bond acceptors (Lipinski definition) is 3. The molecule has 0 radical (unpaired) electrons. The van der Waals surface area contributed by atoms with Crippen molar-refractivity contribution in [2.45, 2.75) is 37.1 Å². The quantitative estimate of drug-likeness (QED) is 0.924. The highest BCUT2D eigenvalue weighted by Gasteiger charge is 2.57. The van der Waals surface area contributed by atoms with E-state index in [0.29, 0.717) is 18.0 Å². The van der Waals surface area contributed by atoms with Gasteiger partial charge in [0.2, 0.25) is 10.0 Å². The maximum atomic E-state index is 12.8. The van der Waals surface area contributed by atoms with Crippen LogP contribution in [0.15, 0.2) is 17.0 Å². The summed E-state index contributed by atoms with van der Waals surface area (Å²) in [6, 6.07) is 2.55. The fraction of sp³-hybridized carbons (Fsp3) is 0.500. The van der Waals surface area contributed by atoms with Gasteiger partial charge in [0, 0.05) is 17.1 Å². The van der Waals surface area contributed by atoms with E-state index in [1.165, 1.54) is 16.4 Å². The summed E-state index contributed by atoms with van der Waals surface area (Å²) in [6.45, 7) is 4.00.